The molecule has 2 aromatic carbocycles. The number of nitrogen functional groups attached to an aromatic ring is 1. The van der Waals surface area contributed by atoms with Gasteiger partial charge in [0.1, 0.15) is 18.2 Å². The maximum Gasteiger partial charge on any atom is 0.265 e. The fraction of sp³-hybridized carbons (Fsp3) is 0.0714. The van der Waals surface area contributed by atoms with Crippen molar-refractivity contribution in [2.24, 2.45) is 5.84 Å². The predicted octanol–water partition coefficient (Wildman–Crippen LogP) is 2.29. The van der Waals surface area contributed by atoms with E-state index in [1.807, 2.05) is 5.43 Å². The number of halogens is 3. The van der Waals surface area contributed by atoms with Gasteiger partial charge in [-0.2, -0.15) is 0 Å². The zero-order valence-corrected chi connectivity index (χ0v) is 10.7. The molecule has 7 heteroatoms. The Morgan fingerprint density at radius 3 is 2.43 bits per heavy atom. The molecule has 0 spiro atoms. The number of amides is 1. The number of rotatable bonds is 4. The zero-order chi connectivity index (χ0) is 15.4. The van der Waals surface area contributed by atoms with Gasteiger partial charge in [0.15, 0.2) is 11.6 Å². The second-order valence-electron chi connectivity index (χ2n) is 4.14. The topological polar surface area (TPSA) is 64.3 Å². The maximum atomic E-state index is 13.6. The maximum absolute atomic E-state index is 13.6. The lowest BCUT2D eigenvalue weighted by Gasteiger charge is -2.09. The summed E-state index contributed by atoms with van der Waals surface area (Å²) in [5.41, 5.74) is 2.16. The van der Waals surface area contributed by atoms with Gasteiger partial charge in [0, 0.05) is 17.2 Å². The Hall–Kier alpha value is -2.54. The summed E-state index contributed by atoms with van der Waals surface area (Å²) in [5.74, 6) is 1.79. The van der Waals surface area contributed by atoms with Crippen LogP contribution >= 0.6 is 0 Å². The van der Waals surface area contributed by atoms with Crippen molar-refractivity contribution in [1.29, 1.82) is 0 Å². The quantitative estimate of drug-likeness (QED) is 0.517. The number of hydrogen-bond acceptors (Lipinski definition) is 3. The fourth-order valence-electron chi connectivity index (χ4n) is 1.64. The van der Waals surface area contributed by atoms with Crippen LogP contribution in [-0.4, -0.2) is 5.91 Å². The van der Waals surface area contributed by atoms with E-state index in [1.54, 1.807) is 0 Å². The monoisotopic (exact) mass is 296 g/mol. The molecule has 0 aliphatic rings. The number of nitrogens with one attached hydrogen (secondary N) is 1. The molecule has 1 amide bonds. The summed E-state index contributed by atoms with van der Waals surface area (Å²) < 4.78 is 44.5. The molecule has 4 nitrogen and oxygen atoms in total. The van der Waals surface area contributed by atoms with Crippen molar-refractivity contribution < 1.29 is 22.7 Å². The molecule has 0 aliphatic carbocycles. The first-order valence-corrected chi connectivity index (χ1v) is 5.88. The number of hydrazine groups is 1. The molecule has 3 N–H and O–H groups in total. The summed E-state index contributed by atoms with van der Waals surface area (Å²) in [7, 11) is 0. The average molecular weight is 296 g/mol. The van der Waals surface area contributed by atoms with Crippen molar-refractivity contribution in [2.45, 2.75) is 6.61 Å². The highest BCUT2D eigenvalue weighted by molar-refractivity contribution is 5.93. The molecule has 0 saturated heterocycles. The van der Waals surface area contributed by atoms with Crippen LogP contribution in [0.4, 0.5) is 13.2 Å². The Kier molecular flexibility index (Phi) is 4.44. The van der Waals surface area contributed by atoms with Crippen LogP contribution in [-0.2, 0) is 6.61 Å². The van der Waals surface area contributed by atoms with Crippen LogP contribution in [0.1, 0.15) is 15.9 Å². The zero-order valence-electron chi connectivity index (χ0n) is 10.7. The molecule has 2 aromatic rings. The summed E-state index contributed by atoms with van der Waals surface area (Å²) in [6.07, 6.45) is 0. The van der Waals surface area contributed by atoms with Gasteiger partial charge in [-0.3, -0.25) is 10.2 Å². The molecule has 0 saturated carbocycles. The van der Waals surface area contributed by atoms with Crippen LogP contribution in [0.15, 0.2) is 36.4 Å². The van der Waals surface area contributed by atoms with E-state index in [-0.39, 0.29) is 23.5 Å². The summed E-state index contributed by atoms with van der Waals surface area (Å²) in [6.45, 7) is -0.247. The molecule has 110 valence electrons. The molecule has 0 bridgehead atoms. The van der Waals surface area contributed by atoms with E-state index in [0.29, 0.717) is 0 Å². The van der Waals surface area contributed by atoms with Gasteiger partial charge in [-0.1, -0.05) is 0 Å². The van der Waals surface area contributed by atoms with E-state index in [9.17, 15) is 18.0 Å². The highest BCUT2D eigenvalue weighted by Gasteiger charge is 2.10. The van der Waals surface area contributed by atoms with E-state index < -0.39 is 23.4 Å². The second-order valence-corrected chi connectivity index (χ2v) is 4.14. The van der Waals surface area contributed by atoms with Gasteiger partial charge in [-0.05, 0) is 30.3 Å². The first-order chi connectivity index (χ1) is 10.0. The molecule has 0 aromatic heterocycles. The van der Waals surface area contributed by atoms with Crippen molar-refractivity contribution in [2.75, 3.05) is 0 Å². The lowest BCUT2D eigenvalue weighted by Crippen LogP contribution is -2.30. The third kappa shape index (κ3) is 3.51. The van der Waals surface area contributed by atoms with Gasteiger partial charge in [0.05, 0.1) is 0 Å². The molecule has 0 aliphatic heterocycles. The minimum absolute atomic E-state index is 0.0435. The van der Waals surface area contributed by atoms with E-state index in [0.717, 1.165) is 18.2 Å². The Morgan fingerprint density at radius 1 is 1.05 bits per heavy atom. The molecule has 0 atom stereocenters. The minimum Gasteiger partial charge on any atom is -0.489 e. The van der Waals surface area contributed by atoms with Gasteiger partial charge in [0.25, 0.3) is 5.91 Å². The van der Waals surface area contributed by atoms with Crippen LogP contribution in [0.5, 0.6) is 5.75 Å². The van der Waals surface area contributed by atoms with Crippen LogP contribution in [0.2, 0.25) is 0 Å². The summed E-state index contributed by atoms with van der Waals surface area (Å²) in [4.78, 5) is 11.3. The molecular formula is C14H11F3N2O2. The molecule has 0 radical (unpaired) electrons. The highest BCUT2D eigenvalue weighted by Crippen LogP contribution is 2.18. The number of ether oxygens (including phenoxy) is 1. The van der Waals surface area contributed by atoms with Crippen LogP contribution in [0.3, 0.4) is 0 Å². The largest absolute Gasteiger partial charge is 0.489 e. The predicted molar refractivity (Wildman–Crippen MR) is 68.7 cm³/mol. The van der Waals surface area contributed by atoms with E-state index in [1.165, 1.54) is 18.2 Å². The van der Waals surface area contributed by atoms with Crippen molar-refractivity contribution in [3.05, 3.63) is 65.0 Å². The third-order valence-corrected chi connectivity index (χ3v) is 2.72. The van der Waals surface area contributed by atoms with Crippen molar-refractivity contribution in [3.63, 3.8) is 0 Å². The standard InChI is InChI=1S/C14H11F3N2O2/c15-11-3-1-8(14(20)19-18)5-9(11)7-21-10-2-4-12(16)13(17)6-10/h1-6H,7,18H2,(H,19,20). The van der Waals surface area contributed by atoms with Crippen molar-refractivity contribution >= 4 is 5.91 Å². The minimum atomic E-state index is -1.07. The number of nitrogens with two attached hydrogens (primary N) is 1. The van der Waals surface area contributed by atoms with Gasteiger partial charge in [-0.25, -0.2) is 19.0 Å². The van der Waals surface area contributed by atoms with E-state index in [4.69, 9.17) is 10.6 Å². The van der Waals surface area contributed by atoms with E-state index in [2.05, 4.69) is 0 Å². The molecule has 2 rings (SSSR count). The average Bonchev–Trinajstić information content (AvgIpc) is 2.49. The summed E-state index contributed by atoms with van der Waals surface area (Å²) in [5, 5.41) is 0. The van der Waals surface area contributed by atoms with Gasteiger partial charge < -0.3 is 4.74 Å². The SMILES string of the molecule is NNC(=O)c1ccc(F)c(COc2ccc(F)c(F)c2)c1. The van der Waals surface area contributed by atoms with Crippen LogP contribution in [0.25, 0.3) is 0 Å². The molecular weight excluding hydrogens is 285 g/mol. The Labute approximate surface area is 118 Å². The number of benzene rings is 2. The van der Waals surface area contributed by atoms with Gasteiger partial charge in [0.2, 0.25) is 0 Å². The lowest BCUT2D eigenvalue weighted by atomic mass is 10.1. The van der Waals surface area contributed by atoms with Crippen LogP contribution in [0, 0.1) is 17.5 Å². The van der Waals surface area contributed by atoms with Crippen molar-refractivity contribution in [3.8, 4) is 5.75 Å². The normalized spacial score (nSPS) is 10.3. The van der Waals surface area contributed by atoms with Gasteiger partial charge in [-0.15, -0.1) is 0 Å². The lowest BCUT2D eigenvalue weighted by molar-refractivity contribution is 0.0953. The Balaban J connectivity index is 2.15. The smallest absolute Gasteiger partial charge is 0.265 e. The molecule has 0 heterocycles. The summed E-state index contributed by atoms with van der Waals surface area (Å²) in [6, 6.07) is 6.58. The number of carbonyl (C=O) groups is 1. The first-order valence-electron chi connectivity index (χ1n) is 5.88. The molecule has 0 unspecified atom stereocenters. The molecule has 21 heavy (non-hydrogen) atoms. The first kappa shape index (κ1) is 14.9. The fourth-order valence-corrected chi connectivity index (χ4v) is 1.64. The number of hydrogen-bond donors (Lipinski definition) is 2. The summed E-state index contributed by atoms with van der Waals surface area (Å²) >= 11 is 0. The second kappa shape index (κ2) is 6.27. The van der Waals surface area contributed by atoms with Gasteiger partial charge >= 0.3 is 0 Å². The van der Waals surface area contributed by atoms with Crippen molar-refractivity contribution in [1.82, 2.24) is 5.43 Å². The Morgan fingerprint density at radius 2 is 1.76 bits per heavy atom. The third-order valence-electron chi connectivity index (χ3n) is 2.72. The molecule has 0 fully saturated rings. The van der Waals surface area contributed by atoms with E-state index >= 15 is 0 Å². The highest BCUT2D eigenvalue weighted by atomic mass is 19.2. The Bertz CT molecular complexity index is 677. The number of carbonyl (C=O) groups excluding carboxylic acids is 1. The van der Waals surface area contributed by atoms with Crippen LogP contribution < -0.4 is 16.0 Å².